The van der Waals surface area contributed by atoms with Gasteiger partial charge in [-0.3, -0.25) is 9.59 Å². The first-order chi connectivity index (χ1) is 9.58. The first-order valence-corrected chi connectivity index (χ1v) is 7.50. The highest BCUT2D eigenvalue weighted by molar-refractivity contribution is 7.07. The Morgan fingerprint density at radius 3 is 2.70 bits per heavy atom. The second kappa shape index (κ2) is 4.87. The second-order valence-electron chi connectivity index (χ2n) is 5.14. The van der Waals surface area contributed by atoms with Gasteiger partial charge in [-0.05, 0) is 59.9 Å². The lowest BCUT2D eigenvalue weighted by Gasteiger charge is -2.17. The summed E-state index contributed by atoms with van der Waals surface area (Å²) in [5, 5.41) is 4.10. The van der Waals surface area contributed by atoms with E-state index in [2.05, 4.69) is 11.4 Å². The number of aryl methyl sites for hydroxylation is 2. The van der Waals surface area contributed by atoms with Gasteiger partial charge in [0.1, 0.15) is 0 Å². The number of thiophene rings is 1. The Morgan fingerprint density at radius 2 is 2.00 bits per heavy atom. The number of hydrogen-bond donors (Lipinski definition) is 0. The number of fused-ring (bicyclic) bond motifs is 1. The van der Waals surface area contributed by atoms with Crippen LogP contribution in [0.1, 0.15) is 27.0 Å². The number of ketones is 1. The molecule has 3 nitrogen and oxygen atoms in total. The van der Waals surface area contributed by atoms with Crippen molar-refractivity contribution in [2.75, 3.05) is 11.4 Å². The quantitative estimate of drug-likeness (QED) is 0.812. The maximum Gasteiger partial charge on any atom is 0.299 e. The number of anilines is 1. The summed E-state index contributed by atoms with van der Waals surface area (Å²) in [7, 11) is 0. The number of amides is 1. The highest BCUT2D eigenvalue weighted by Gasteiger charge is 2.36. The Labute approximate surface area is 121 Å². The van der Waals surface area contributed by atoms with Crippen molar-refractivity contribution in [3.05, 3.63) is 51.2 Å². The van der Waals surface area contributed by atoms with Crippen molar-refractivity contribution in [2.45, 2.75) is 20.3 Å². The van der Waals surface area contributed by atoms with Crippen molar-refractivity contribution in [2.24, 2.45) is 0 Å². The SMILES string of the molecule is Cc1cc(C)c2c(c1)N(CCc1ccsc1)C(=O)C2=O. The Kier molecular flexibility index (Phi) is 3.18. The fourth-order valence-corrected chi connectivity index (χ4v) is 3.39. The van der Waals surface area contributed by atoms with Gasteiger partial charge in [0.05, 0.1) is 11.3 Å². The third kappa shape index (κ3) is 2.06. The molecule has 1 aromatic carbocycles. The van der Waals surface area contributed by atoms with Crippen LogP contribution in [-0.4, -0.2) is 18.2 Å². The number of carbonyl (C=O) groups excluding carboxylic acids is 2. The van der Waals surface area contributed by atoms with Crippen LogP contribution in [0.5, 0.6) is 0 Å². The molecule has 0 N–H and O–H groups in total. The van der Waals surface area contributed by atoms with Crippen LogP contribution in [0.3, 0.4) is 0 Å². The zero-order valence-corrected chi connectivity index (χ0v) is 12.3. The predicted molar refractivity (Wildman–Crippen MR) is 80.6 cm³/mol. The third-order valence-corrected chi connectivity index (χ3v) is 4.35. The van der Waals surface area contributed by atoms with Gasteiger partial charge >= 0.3 is 0 Å². The Bertz CT molecular complexity index is 689. The van der Waals surface area contributed by atoms with Crippen molar-refractivity contribution in [1.82, 2.24) is 0 Å². The smallest absolute Gasteiger partial charge is 0.299 e. The lowest BCUT2D eigenvalue weighted by molar-refractivity contribution is -0.114. The molecule has 20 heavy (non-hydrogen) atoms. The Morgan fingerprint density at radius 1 is 1.20 bits per heavy atom. The largest absolute Gasteiger partial charge is 0.304 e. The summed E-state index contributed by atoms with van der Waals surface area (Å²) in [6.45, 7) is 4.42. The Balaban J connectivity index is 1.93. The van der Waals surface area contributed by atoms with Gasteiger partial charge in [-0.25, -0.2) is 0 Å². The molecule has 1 amide bonds. The van der Waals surface area contributed by atoms with Gasteiger partial charge in [0.15, 0.2) is 0 Å². The molecule has 0 atom stereocenters. The van der Waals surface area contributed by atoms with Crippen LogP contribution in [-0.2, 0) is 11.2 Å². The molecular formula is C16H15NO2S. The molecule has 0 fully saturated rings. The Hall–Kier alpha value is -1.94. The minimum atomic E-state index is -0.399. The third-order valence-electron chi connectivity index (χ3n) is 3.62. The summed E-state index contributed by atoms with van der Waals surface area (Å²) >= 11 is 1.64. The van der Waals surface area contributed by atoms with Gasteiger partial charge in [-0.1, -0.05) is 6.07 Å². The number of Topliss-reactive ketones (excluding diaryl/α,β-unsaturated/α-hetero) is 1. The monoisotopic (exact) mass is 285 g/mol. The van der Waals surface area contributed by atoms with E-state index in [1.54, 1.807) is 16.2 Å². The van der Waals surface area contributed by atoms with Crippen LogP contribution < -0.4 is 4.90 Å². The van der Waals surface area contributed by atoms with E-state index in [1.165, 1.54) is 5.56 Å². The van der Waals surface area contributed by atoms with E-state index < -0.39 is 5.91 Å². The molecule has 2 aromatic rings. The highest BCUT2D eigenvalue weighted by Crippen LogP contribution is 2.32. The first-order valence-electron chi connectivity index (χ1n) is 6.56. The number of carbonyl (C=O) groups is 2. The number of hydrogen-bond acceptors (Lipinski definition) is 3. The lowest BCUT2D eigenvalue weighted by Crippen LogP contribution is -2.31. The fraction of sp³-hybridized carbons (Fsp3) is 0.250. The van der Waals surface area contributed by atoms with Gasteiger partial charge < -0.3 is 4.90 Å². The minimum Gasteiger partial charge on any atom is -0.304 e. The molecule has 3 rings (SSSR count). The van der Waals surface area contributed by atoms with Gasteiger partial charge in [-0.15, -0.1) is 0 Å². The van der Waals surface area contributed by atoms with Crippen LogP contribution in [0, 0.1) is 13.8 Å². The molecule has 1 aromatic heterocycles. The van der Waals surface area contributed by atoms with E-state index in [1.807, 2.05) is 31.4 Å². The summed E-state index contributed by atoms with van der Waals surface area (Å²) in [5.41, 5.74) is 4.51. The molecule has 0 saturated carbocycles. The van der Waals surface area contributed by atoms with E-state index in [4.69, 9.17) is 0 Å². The molecule has 1 aliphatic heterocycles. The molecular weight excluding hydrogens is 270 g/mol. The van der Waals surface area contributed by atoms with Gasteiger partial charge in [-0.2, -0.15) is 11.3 Å². The van der Waals surface area contributed by atoms with Crippen LogP contribution in [0.2, 0.25) is 0 Å². The molecule has 0 spiro atoms. The van der Waals surface area contributed by atoms with Crippen molar-refractivity contribution in [1.29, 1.82) is 0 Å². The topological polar surface area (TPSA) is 37.4 Å². The molecule has 0 bridgehead atoms. The molecule has 4 heteroatoms. The summed E-state index contributed by atoms with van der Waals surface area (Å²) in [4.78, 5) is 25.9. The van der Waals surface area contributed by atoms with E-state index in [0.717, 1.165) is 23.2 Å². The molecule has 1 aliphatic rings. The summed E-state index contributed by atoms with van der Waals surface area (Å²) in [6.07, 6.45) is 0.773. The number of nitrogens with zero attached hydrogens (tertiary/aromatic N) is 1. The van der Waals surface area contributed by atoms with Gasteiger partial charge in [0.25, 0.3) is 11.7 Å². The normalized spacial score (nSPS) is 14.0. The van der Waals surface area contributed by atoms with Crippen LogP contribution >= 0.6 is 11.3 Å². The highest BCUT2D eigenvalue weighted by atomic mass is 32.1. The van der Waals surface area contributed by atoms with Gasteiger partial charge in [0.2, 0.25) is 0 Å². The molecule has 0 unspecified atom stereocenters. The average molecular weight is 285 g/mol. The van der Waals surface area contributed by atoms with E-state index >= 15 is 0 Å². The van der Waals surface area contributed by atoms with E-state index in [-0.39, 0.29) is 5.78 Å². The molecule has 2 heterocycles. The van der Waals surface area contributed by atoms with E-state index in [9.17, 15) is 9.59 Å². The number of rotatable bonds is 3. The van der Waals surface area contributed by atoms with Crippen LogP contribution in [0.4, 0.5) is 5.69 Å². The predicted octanol–water partition coefficient (Wildman–Crippen LogP) is 3.14. The average Bonchev–Trinajstić information content (AvgIpc) is 2.97. The van der Waals surface area contributed by atoms with E-state index in [0.29, 0.717) is 12.1 Å². The van der Waals surface area contributed by atoms with Crippen molar-refractivity contribution in [3.63, 3.8) is 0 Å². The minimum absolute atomic E-state index is 0.372. The second-order valence-corrected chi connectivity index (χ2v) is 5.92. The molecule has 102 valence electrons. The fourth-order valence-electron chi connectivity index (χ4n) is 2.69. The molecule has 0 radical (unpaired) electrons. The standard InChI is InChI=1S/C16H15NO2S/c1-10-7-11(2)14-13(8-10)17(16(19)15(14)18)5-3-12-4-6-20-9-12/h4,6-9H,3,5H2,1-2H3. The summed E-state index contributed by atoms with van der Waals surface area (Å²) in [5.74, 6) is -0.772. The van der Waals surface area contributed by atoms with Crippen molar-refractivity contribution < 1.29 is 9.59 Å². The van der Waals surface area contributed by atoms with Gasteiger partial charge in [0, 0.05) is 6.54 Å². The van der Waals surface area contributed by atoms with Crippen LogP contribution in [0.25, 0.3) is 0 Å². The molecule has 0 aliphatic carbocycles. The summed E-state index contributed by atoms with van der Waals surface area (Å²) in [6, 6.07) is 5.93. The zero-order valence-electron chi connectivity index (χ0n) is 11.5. The molecule has 0 saturated heterocycles. The summed E-state index contributed by atoms with van der Waals surface area (Å²) < 4.78 is 0. The lowest BCUT2D eigenvalue weighted by atomic mass is 10.0. The first kappa shape index (κ1) is 13.1. The maximum absolute atomic E-state index is 12.2. The van der Waals surface area contributed by atoms with Crippen molar-refractivity contribution in [3.8, 4) is 0 Å². The van der Waals surface area contributed by atoms with Crippen molar-refractivity contribution >= 4 is 28.7 Å². The maximum atomic E-state index is 12.2. The zero-order chi connectivity index (χ0) is 14.3. The van der Waals surface area contributed by atoms with Crippen LogP contribution in [0.15, 0.2) is 29.0 Å². The number of benzene rings is 1.